The molecule has 0 unspecified atom stereocenters. The molecule has 0 aromatic rings. The third-order valence-corrected chi connectivity index (χ3v) is 1.33. The molecule has 0 bridgehead atoms. The van der Waals surface area contributed by atoms with Crippen LogP contribution in [0.1, 0.15) is 20.3 Å². The van der Waals surface area contributed by atoms with Gasteiger partial charge in [-0.15, -0.1) is 0 Å². The minimum atomic E-state index is -0.148. The van der Waals surface area contributed by atoms with Crippen molar-refractivity contribution in [2.24, 2.45) is 0 Å². The summed E-state index contributed by atoms with van der Waals surface area (Å²) in [5, 5.41) is 0. The second kappa shape index (κ2) is 4.70. The number of carbonyl (C=O) groups is 2. The first-order valence-corrected chi connectivity index (χ1v) is 3.81. The summed E-state index contributed by atoms with van der Waals surface area (Å²) in [4.78, 5) is 23.2. The molecule has 12 heavy (non-hydrogen) atoms. The van der Waals surface area contributed by atoms with E-state index in [0.29, 0.717) is 6.54 Å². The van der Waals surface area contributed by atoms with Crippen LogP contribution in [0.2, 0.25) is 0 Å². The lowest BCUT2D eigenvalue weighted by atomic mass is 10.2. The molecule has 0 aromatic carbocycles. The first-order valence-electron chi connectivity index (χ1n) is 3.81. The normalized spacial score (nSPS) is 9.25. The summed E-state index contributed by atoms with van der Waals surface area (Å²) >= 11 is 0. The molecule has 0 aliphatic rings. The van der Waals surface area contributed by atoms with Crippen LogP contribution >= 0.6 is 0 Å². The summed E-state index contributed by atoms with van der Waals surface area (Å²) in [6, 6.07) is 0. The van der Waals surface area contributed by atoms with Crippen LogP contribution in [0, 0.1) is 0 Å². The standard InChI is InChI=1S/C9H15NO2/c1-7(2)6-10(4)9(12)5-8(3)11/h1,5-6H2,2-4H3. The smallest absolute Gasteiger partial charge is 0.230 e. The van der Waals surface area contributed by atoms with Crippen molar-refractivity contribution < 1.29 is 9.59 Å². The highest BCUT2D eigenvalue weighted by molar-refractivity contribution is 5.96. The minimum Gasteiger partial charge on any atom is -0.341 e. The van der Waals surface area contributed by atoms with Crippen molar-refractivity contribution >= 4 is 11.7 Å². The van der Waals surface area contributed by atoms with Gasteiger partial charge in [0.05, 0.1) is 6.42 Å². The second-order valence-corrected chi connectivity index (χ2v) is 3.09. The lowest BCUT2D eigenvalue weighted by Crippen LogP contribution is -2.29. The minimum absolute atomic E-state index is 0.0101. The van der Waals surface area contributed by atoms with Crippen LogP contribution in [0.4, 0.5) is 0 Å². The topological polar surface area (TPSA) is 37.4 Å². The first kappa shape index (κ1) is 10.9. The Morgan fingerprint density at radius 1 is 1.33 bits per heavy atom. The van der Waals surface area contributed by atoms with Crippen LogP contribution in [-0.2, 0) is 9.59 Å². The van der Waals surface area contributed by atoms with Crippen LogP contribution in [0.25, 0.3) is 0 Å². The number of amides is 1. The highest BCUT2D eigenvalue weighted by atomic mass is 16.2. The molecule has 0 heterocycles. The Morgan fingerprint density at radius 2 is 1.83 bits per heavy atom. The lowest BCUT2D eigenvalue weighted by Gasteiger charge is -2.15. The highest BCUT2D eigenvalue weighted by Crippen LogP contribution is 1.96. The van der Waals surface area contributed by atoms with Crippen molar-refractivity contribution in [3.8, 4) is 0 Å². The third-order valence-electron chi connectivity index (χ3n) is 1.33. The average Bonchev–Trinajstić information content (AvgIpc) is 1.84. The number of hydrogen-bond acceptors (Lipinski definition) is 2. The van der Waals surface area contributed by atoms with Crippen LogP contribution in [0.5, 0.6) is 0 Å². The van der Waals surface area contributed by atoms with Gasteiger partial charge in [0, 0.05) is 13.6 Å². The van der Waals surface area contributed by atoms with Crippen molar-refractivity contribution in [3.63, 3.8) is 0 Å². The quantitative estimate of drug-likeness (QED) is 0.465. The molecule has 0 aliphatic carbocycles. The van der Waals surface area contributed by atoms with E-state index in [0.717, 1.165) is 5.57 Å². The van der Waals surface area contributed by atoms with Gasteiger partial charge >= 0.3 is 0 Å². The summed E-state index contributed by atoms with van der Waals surface area (Å²) < 4.78 is 0. The van der Waals surface area contributed by atoms with Gasteiger partial charge in [-0.3, -0.25) is 9.59 Å². The van der Waals surface area contributed by atoms with Crippen LogP contribution in [0.3, 0.4) is 0 Å². The molecule has 0 rings (SSSR count). The number of Topliss-reactive ketones (excluding diaryl/α,β-unsaturated/α-hetero) is 1. The number of rotatable bonds is 4. The van der Waals surface area contributed by atoms with Gasteiger partial charge in [0.1, 0.15) is 5.78 Å². The Labute approximate surface area is 73.1 Å². The molecule has 0 saturated heterocycles. The monoisotopic (exact) mass is 169 g/mol. The van der Waals surface area contributed by atoms with Crippen molar-refractivity contribution in [3.05, 3.63) is 12.2 Å². The van der Waals surface area contributed by atoms with Gasteiger partial charge in [0.15, 0.2) is 0 Å². The van der Waals surface area contributed by atoms with E-state index in [4.69, 9.17) is 0 Å². The molecule has 0 atom stereocenters. The number of hydrogen-bond donors (Lipinski definition) is 0. The van der Waals surface area contributed by atoms with E-state index in [9.17, 15) is 9.59 Å². The summed E-state index contributed by atoms with van der Waals surface area (Å²) in [5.74, 6) is -0.251. The van der Waals surface area contributed by atoms with Crippen LogP contribution < -0.4 is 0 Å². The number of likely N-dealkylation sites (N-methyl/N-ethyl adjacent to an activating group) is 1. The van der Waals surface area contributed by atoms with Gasteiger partial charge in [0.25, 0.3) is 0 Å². The molecule has 0 aliphatic heterocycles. The van der Waals surface area contributed by atoms with Crippen molar-refractivity contribution in [1.29, 1.82) is 0 Å². The van der Waals surface area contributed by atoms with Gasteiger partial charge < -0.3 is 4.90 Å². The van der Waals surface area contributed by atoms with Gasteiger partial charge in [-0.1, -0.05) is 12.2 Å². The van der Waals surface area contributed by atoms with Crippen molar-refractivity contribution in [1.82, 2.24) is 4.90 Å². The predicted octanol–water partition coefficient (Wildman–Crippen LogP) is 1.00. The van der Waals surface area contributed by atoms with Crippen molar-refractivity contribution in [2.75, 3.05) is 13.6 Å². The molecule has 0 radical (unpaired) electrons. The van der Waals surface area contributed by atoms with E-state index >= 15 is 0 Å². The SMILES string of the molecule is C=C(C)CN(C)C(=O)CC(C)=O. The molecule has 1 amide bonds. The van der Waals surface area contributed by atoms with E-state index in [1.165, 1.54) is 11.8 Å². The maximum Gasteiger partial charge on any atom is 0.230 e. The van der Waals surface area contributed by atoms with E-state index in [1.807, 2.05) is 6.92 Å². The first-order chi connectivity index (χ1) is 5.43. The average molecular weight is 169 g/mol. The predicted molar refractivity (Wildman–Crippen MR) is 47.7 cm³/mol. The molecule has 68 valence electrons. The highest BCUT2D eigenvalue weighted by Gasteiger charge is 2.10. The zero-order valence-electron chi connectivity index (χ0n) is 7.89. The Morgan fingerprint density at radius 3 is 2.17 bits per heavy atom. The fourth-order valence-electron chi connectivity index (χ4n) is 0.841. The Balaban J connectivity index is 3.93. The second-order valence-electron chi connectivity index (χ2n) is 3.09. The molecule has 0 N–H and O–H groups in total. The molecular weight excluding hydrogens is 154 g/mol. The van der Waals surface area contributed by atoms with E-state index in [-0.39, 0.29) is 18.1 Å². The summed E-state index contributed by atoms with van der Waals surface area (Å²) in [7, 11) is 1.67. The van der Waals surface area contributed by atoms with Crippen LogP contribution in [-0.4, -0.2) is 30.2 Å². The lowest BCUT2D eigenvalue weighted by molar-refractivity contribution is -0.133. The maximum atomic E-state index is 11.2. The van der Waals surface area contributed by atoms with E-state index in [2.05, 4.69) is 6.58 Å². The zero-order valence-corrected chi connectivity index (χ0v) is 7.89. The molecule has 0 saturated carbocycles. The fourth-order valence-corrected chi connectivity index (χ4v) is 0.841. The molecule has 0 fully saturated rings. The van der Waals surface area contributed by atoms with Crippen LogP contribution in [0.15, 0.2) is 12.2 Å². The largest absolute Gasteiger partial charge is 0.341 e. The zero-order chi connectivity index (χ0) is 9.72. The van der Waals surface area contributed by atoms with E-state index < -0.39 is 0 Å². The Kier molecular flexibility index (Phi) is 4.26. The summed E-state index contributed by atoms with van der Waals surface area (Å²) in [6.07, 6.45) is -0.0101. The number of ketones is 1. The molecule has 3 nitrogen and oxygen atoms in total. The summed E-state index contributed by atoms with van der Waals surface area (Å²) in [6.45, 7) is 7.45. The Bertz CT molecular complexity index is 209. The molecule has 3 heteroatoms. The molecular formula is C9H15NO2. The Hall–Kier alpha value is -1.12. The van der Waals surface area contributed by atoms with Crippen molar-refractivity contribution in [2.45, 2.75) is 20.3 Å². The summed E-state index contributed by atoms with van der Waals surface area (Å²) in [5.41, 5.74) is 0.911. The fraction of sp³-hybridized carbons (Fsp3) is 0.556. The van der Waals surface area contributed by atoms with Gasteiger partial charge in [-0.25, -0.2) is 0 Å². The van der Waals surface area contributed by atoms with Gasteiger partial charge in [-0.2, -0.15) is 0 Å². The molecule has 0 aromatic heterocycles. The van der Waals surface area contributed by atoms with E-state index in [1.54, 1.807) is 7.05 Å². The third kappa shape index (κ3) is 4.66. The maximum absolute atomic E-state index is 11.2. The number of nitrogens with zero attached hydrogens (tertiary/aromatic N) is 1. The van der Waals surface area contributed by atoms with Gasteiger partial charge in [-0.05, 0) is 13.8 Å². The van der Waals surface area contributed by atoms with Gasteiger partial charge in [0.2, 0.25) is 5.91 Å². The number of carbonyl (C=O) groups excluding carboxylic acids is 2. The molecule has 0 spiro atoms.